The summed E-state index contributed by atoms with van der Waals surface area (Å²) in [5.41, 5.74) is 0. The van der Waals surface area contributed by atoms with Crippen LogP contribution in [0.2, 0.25) is 0 Å². The van der Waals surface area contributed by atoms with Crippen LogP contribution in [0.15, 0.2) is 12.2 Å². The van der Waals surface area contributed by atoms with Crippen molar-refractivity contribution in [2.75, 3.05) is 28.2 Å². The van der Waals surface area contributed by atoms with Gasteiger partial charge in [0, 0.05) is 28.2 Å². The highest BCUT2D eigenvalue weighted by molar-refractivity contribution is 5.89. The summed E-state index contributed by atoms with van der Waals surface area (Å²) in [6, 6.07) is 0. The van der Waals surface area contributed by atoms with Gasteiger partial charge in [0.2, 0.25) is 11.8 Å². The number of allylic oxidation sites excluding steroid dienone is 2. The monoisotopic (exact) mass is 236 g/mol. The van der Waals surface area contributed by atoms with Crippen LogP contribution in [-0.2, 0) is 9.59 Å². The molecular weight excluding hydrogens is 216 g/mol. The van der Waals surface area contributed by atoms with Crippen LogP contribution in [0, 0.1) is 23.7 Å². The van der Waals surface area contributed by atoms with Crippen molar-refractivity contribution >= 4 is 11.8 Å². The molecule has 0 unspecified atom stereocenters. The van der Waals surface area contributed by atoms with E-state index in [-0.39, 0.29) is 35.5 Å². The molecule has 0 N–H and O–H groups in total. The lowest BCUT2D eigenvalue weighted by Gasteiger charge is -2.30. The van der Waals surface area contributed by atoms with Gasteiger partial charge in [-0.05, 0) is 18.3 Å². The van der Waals surface area contributed by atoms with Crippen LogP contribution < -0.4 is 0 Å². The molecule has 4 atom stereocenters. The summed E-state index contributed by atoms with van der Waals surface area (Å²) in [6.07, 6.45) is 5.17. The average molecular weight is 236 g/mol. The molecule has 94 valence electrons. The van der Waals surface area contributed by atoms with Gasteiger partial charge in [0.15, 0.2) is 0 Å². The Kier molecular flexibility index (Phi) is 2.98. The SMILES string of the molecule is CN(C)C(=O)[C@@H]1[C@@H](C(=O)N(C)C)[C@H]2C=C[C@@H]1C2. The van der Waals surface area contributed by atoms with Gasteiger partial charge in [-0.3, -0.25) is 9.59 Å². The van der Waals surface area contributed by atoms with Gasteiger partial charge in [0.1, 0.15) is 0 Å². The molecule has 2 bridgehead atoms. The Balaban J connectivity index is 2.27. The molecule has 0 spiro atoms. The fourth-order valence-corrected chi connectivity index (χ4v) is 3.09. The molecule has 4 nitrogen and oxygen atoms in total. The maximum Gasteiger partial charge on any atom is 0.226 e. The number of nitrogens with zero attached hydrogens (tertiary/aromatic N) is 2. The highest BCUT2D eigenvalue weighted by Crippen LogP contribution is 2.49. The van der Waals surface area contributed by atoms with E-state index in [2.05, 4.69) is 12.2 Å². The van der Waals surface area contributed by atoms with Crippen molar-refractivity contribution in [1.29, 1.82) is 0 Å². The first-order valence-electron chi connectivity index (χ1n) is 6.04. The van der Waals surface area contributed by atoms with Gasteiger partial charge in [0.05, 0.1) is 11.8 Å². The Morgan fingerprint density at radius 1 is 0.882 bits per heavy atom. The standard InChI is InChI=1S/C13H20N2O2/c1-14(2)12(16)10-8-5-6-9(7-8)11(10)13(17)15(3)4/h5-6,8-11H,7H2,1-4H3/t8-,9+,10-,11-/m0/s1. The van der Waals surface area contributed by atoms with Gasteiger partial charge in [0.25, 0.3) is 0 Å². The first-order chi connectivity index (χ1) is 7.93. The summed E-state index contributed by atoms with van der Waals surface area (Å²) >= 11 is 0. The molecule has 0 aromatic carbocycles. The number of carbonyl (C=O) groups is 2. The highest BCUT2D eigenvalue weighted by atomic mass is 16.2. The van der Waals surface area contributed by atoms with E-state index in [1.807, 2.05) is 0 Å². The first kappa shape index (κ1) is 12.1. The molecule has 1 saturated carbocycles. The number of hydrogen-bond donors (Lipinski definition) is 0. The van der Waals surface area contributed by atoms with Crippen molar-refractivity contribution in [3.05, 3.63) is 12.2 Å². The summed E-state index contributed by atoms with van der Waals surface area (Å²) < 4.78 is 0. The summed E-state index contributed by atoms with van der Waals surface area (Å²) in [4.78, 5) is 27.6. The second-order valence-corrected chi connectivity index (χ2v) is 5.47. The molecule has 17 heavy (non-hydrogen) atoms. The average Bonchev–Trinajstić information content (AvgIpc) is 2.85. The zero-order valence-electron chi connectivity index (χ0n) is 10.9. The maximum absolute atomic E-state index is 12.2. The number of fused-ring (bicyclic) bond motifs is 2. The lowest BCUT2D eigenvalue weighted by atomic mass is 9.81. The molecular formula is C13H20N2O2. The van der Waals surface area contributed by atoms with Crippen molar-refractivity contribution in [3.63, 3.8) is 0 Å². The molecule has 0 aromatic rings. The van der Waals surface area contributed by atoms with Crippen LogP contribution in [0.3, 0.4) is 0 Å². The summed E-state index contributed by atoms with van der Waals surface area (Å²) in [5, 5.41) is 0. The smallest absolute Gasteiger partial charge is 0.226 e. The van der Waals surface area contributed by atoms with Crippen molar-refractivity contribution in [3.8, 4) is 0 Å². The fourth-order valence-electron chi connectivity index (χ4n) is 3.09. The molecule has 2 aliphatic rings. The lowest BCUT2D eigenvalue weighted by molar-refractivity contribution is -0.144. The third-order valence-corrected chi connectivity index (χ3v) is 3.91. The summed E-state index contributed by atoms with van der Waals surface area (Å²) in [6.45, 7) is 0. The van der Waals surface area contributed by atoms with Gasteiger partial charge in [-0.2, -0.15) is 0 Å². The topological polar surface area (TPSA) is 40.6 Å². The van der Waals surface area contributed by atoms with Crippen molar-refractivity contribution in [2.24, 2.45) is 23.7 Å². The van der Waals surface area contributed by atoms with Crippen molar-refractivity contribution in [1.82, 2.24) is 9.80 Å². The Bertz CT molecular complexity index is 340. The summed E-state index contributed by atoms with van der Waals surface area (Å²) in [5.74, 6) is 0.362. The van der Waals surface area contributed by atoms with Gasteiger partial charge in [-0.15, -0.1) is 0 Å². The van der Waals surface area contributed by atoms with E-state index in [0.29, 0.717) is 0 Å². The van der Waals surface area contributed by atoms with Crippen LogP contribution in [-0.4, -0.2) is 49.8 Å². The van der Waals surface area contributed by atoms with Gasteiger partial charge < -0.3 is 9.80 Å². The predicted molar refractivity (Wildman–Crippen MR) is 65.1 cm³/mol. The Morgan fingerprint density at radius 3 is 1.53 bits per heavy atom. The molecule has 0 aromatic heterocycles. The number of hydrogen-bond acceptors (Lipinski definition) is 2. The van der Waals surface area contributed by atoms with Crippen LogP contribution in [0.5, 0.6) is 0 Å². The largest absolute Gasteiger partial charge is 0.349 e. The molecule has 2 rings (SSSR count). The highest BCUT2D eigenvalue weighted by Gasteiger charge is 2.52. The van der Waals surface area contributed by atoms with Crippen LogP contribution in [0.4, 0.5) is 0 Å². The normalized spacial score (nSPS) is 33.9. The van der Waals surface area contributed by atoms with Gasteiger partial charge >= 0.3 is 0 Å². The number of amides is 2. The zero-order valence-corrected chi connectivity index (χ0v) is 10.9. The van der Waals surface area contributed by atoms with Crippen molar-refractivity contribution in [2.45, 2.75) is 6.42 Å². The minimum atomic E-state index is -0.158. The number of carbonyl (C=O) groups excluding carboxylic acids is 2. The minimum absolute atomic E-state index is 0.0852. The third-order valence-electron chi connectivity index (χ3n) is 3.91. The Morgan fingerprint density at radius 2 is 1.24 bits per heavy atom. The van der Waals surface area contributed by atoms with Crippen LogP contribution >= 0.6 is 0 Å². The minimum Gasteiger partial charge on any atom is -0.349 e. The second kappa shape index (κ2) is 4.17. The molecule has 2 amide bonds. The molecule has 1 fully saturated rings. The first-order valence-corrected chi connectivity index (χ1v) is 6.04. The molecule has 4 heteroatoms. The molecule has 0 heterocycles. The van der Waals surface area contributed by atoms with E-state index in [9.17, 15) is 9.59 Å². The predicted octanol–water partition coefficient (Wildman–Crippen LogP) is 0.601. The summed E-state index contributed by atoms with van der Waals surface area (Å²) in [7, 11) is 7.04. The third kappa shape index (κ3) is 1.85. The fraction of sp³-hybridized carbons (Fsp3) is 0.692. The number of rotatable bonds is 2. The van der Waals surface area contributed by atoms with E-state index >= 15 is 0 Å². The lowest BCUT2D eigenvalue weighted by Crippen LogP contribution is -2.43. The van der Waals surface area contributed by atoms with Gasteiger partial charge in [-0.25, -0.2) is 0 Å². The van der Waals surface area contributed by atoms with Crippen LogP contribution in [0.1, 0.15) is 6.42 Å². The van der Waals surface area contributed by atoms with E-state index in [1.54, 1.807) is 38.0 Å². The van der Waals surface area contributed by atoms with E-state index in [4.69, 9.17) is 0 Å². The van der Waals surface area contributed by atoms with Gasteiger partial charge in [-0.1, -0.05) is 12.2 Å². The van der Waals surface area contributed by atoms with E-state index in [1.165, 1.54) is 0 Å². The Hall–Kier alpha value is -1.32. The zero-order chi connectivity index (χ0) is 12.7. The molecule has 2 aliphatic carbocycles. The van der Waals surface area contributed by atoms with E-state index in [0.717, 1.165) is 6.42 Å². The van der Waals surface area contributed by atoms with Crippen molar-refractivity contribution < 1.29 is 9.59 Å². The second-order valence-electron chi connectivity index (χ2n) is 5.47. The molecule has 0 aliphatic heterocycles. The maximum atomic E-state index is 12.2. The quantitative estimate of drug-likeness (QED) is 0.659. The molecule has 0 saturated heterocycles. The van der Waals surface area contributed by atoms with Crippen LogP contribution in [0.25, 0.3) is 0 Å². The van der Waals surface area contributed by atoms with E-state index < -0.39 is 0 Å². The Labute approximate surface area is 102 Å². The molecule has 0 radical (unpaired) electrons.